The number of halogens is 1. The second-order valence-electron chi connectivity index (χ2n) is 9.52. The molecule has 34 heavy (non-hydrogen) atoms. The van der Waals surface area contributed by atoms with Crippen LogP contribution in [0.5, 0.6) is 0 Å². The number of benzene rings is 2. The molecule has 2 fully saturated rings. The van der Waals surface area contributed by atoms with E-state index in [1.54, 1.807) is 12.1 Å². The third kappa shape index (κ3) is 3.99. The molecule has 2 aromatic carbocycles. The summed E-state index contributed by atoms with van der Waals surface area (Å²) in [7, 11) is 0. The first-order valence-electron chi connectivity index (χ1n) is 11.7. The van der Waals surface area contributed by atoms with Crippen molar-refractivity contribution >= 4 is 5.97 Å². The molecule has 0 aliphatic carbocycles. The number of ether oxygens (including phenoxy) is 1. The Hall–Kier alpha value is -2.83. The number of carbonyl (C=O) groups excluding carboxylic acids is 1. The van der Waals surface area contributed by atoms with E-state index in [1.807, 2.05) is 26.0 Å². The van der Waals surface area contributed by atoms with Crippen molar-refractivity contribution < 1.29 is 19.0 Å². The van der Waals surface area contributed by atoms with Crippen molar-refractivity contribution in [3.8, 4) is 6.07 Å². The standard InChI is InChI=1S/C26H29FN4O3/c1-15-18(5-6-23(27)21(15)9-28)24-12-31-8-7-30(11-17(31)10-29-24)13-25(32)19-3-4-20-22(16(19)2)14-34-26(20)33/h3-6,17,24-25,29,32H,7-8,10-14H2,1-2H3/t17-,24+,25+/m1/s1. The molecule has 3 atom stereocenters. The zero-order valence-corrected chi connectivity index (χ0v) is 19.5. The molecule has 0 unspecified atom stereocenters. The fourth-order valence-electron chi connectivity index (χ4n) is 5.62. The molecule has 5 rings (SSSR count). The lowest BCUT2D eigenvalue weighted by molar-refractivity contribution is 0.0187. The Morgan fingerprint density at radius 3 is 2.85 bits per heavy atom. The number of piperazine rings is 2. The Kier molecular flexibility index (Phi) is 6.13. The Bertz CT molecular complexity index is 1180. The van der Waals surface area contributed by atoms with Gasteiger partial charge in [0.1, 0.15) is 18.5 Å². The largest absolute Gasteiger partial charge is 0.457 e. The van der Waals surface area contributed by atoms with Gasteiger partial charge in [0, 0.05) is 56.9 Å². The third-order valence-corrected chi connectivity index (χ3v) is 7.65. The Balaban J connectivity index is 1.22. The number of aliphatic hydroxyl groups is 1. The predicted octanol–water partition coefficient (Wildman–Crippen LogP) is 2.35. The molecule has 3 aliphatic rings. The van der Waals surface area contributed by atoms with Crippen molar-refractivity contribution in [2.24, 2.45) is 0 Å². The van der Waals surface area contributed by atoms with Gasteiger partial charge in [0.15, 0.2) is 0 Å². The predicted molar refractivity (Wildman–Crippen MR) is 124 cm³/mol. The molecule has 3 aliphatic heterocycles. The molecule has 0 amide bonds. The number of cyclic esters (lactones) is 1. The highest BCUT2D eigenvalue weighted by Gasteiger charge is 2.35. The van der Waals surface area contributed by atoms with E-state index in [-0.39, 0.29) is 24.2 Å². The van der Waals surface area contributed by atoms with Crippen LogP contribution >= 0.6 is 0 Å². The van der Waals surface area contributed by atoms with Crippen LogP contribution in [-0.2, 0) is 11.3 Å². The van der Waals surface area contributed by atoms with Crippen LogP contribution in [0.2, 0.25) is 0 Å². The minimum Gasteiger partial charge on any atom is -0.457 e. The first-order valence-corrected chi connectivity index (χ1v) is 11.7. The van der Waals surface area contributed by atoms with Crippen molar-refractivity contribution in [1.82, 2.24) is 15.1 Å². The molecule has 2 saturated heterocycles. The third-order valence-electron chi connectivity index (χ3n) is 7.65. The molecule has 178 valence electrons. The van der Waals surface area contributed by atoms with Crippen LogP contribution in [0.25, 0.3) is 0 Å². The fraction of sp³-hybridized carbons (Fsp3) is 0.462. The van der Waals surface area contributed by atoms with Crippen LogP contribution in [0.4, 0.5) is 4.39 Å². The minimum atomic E-state index is -0.636. The second-order valence-corrected chi connectivity index (χ2v) is 9.52. The van der Waals surface area contributed by atoms with Gasteiger partial charge in [-0.15, -0.1) is 0 Å². The number of aliphatic hydroxyl groups excluding tert-OH is 1. The van der Waals surface area contributed by atoms with E-state index in [2.05, 4.69) is 15.1 Å². The Morgan fingerprint density at radius 1 is 1.24 bits per heavy atom. The molecule has 8 heteroatoms. The zero-order valence-electron chi connectivity index (χ0n) is 19.5. The molecule has 0 aromatic heterocycles. The number of nitrogens with one attached hydrogen (secondary N) is 1. The van der Waals surface area contributed by atoms with Gasteiger partial charge in [0.2, 0.25) is 0 Å². The summed E-state index contributed by atoms with van der Waals surface area (Å²) in [5.41, 5.74) is 5.07. The van der Waals surface area contributed by atoms with Gasteiger partial charge < -0.3 is 15.2 Å². The maximum Gasteiger partial charge on any atom is 0.338 e. The van der Waals surface area contributed by atoms with E-state index in [0.717, 1.165) is 55.0 Å². The highest BCUT2D eigenvalue weighted by molar-refractivity contribution is 5.93. The highest BCUT2D eigenvalue weighted by atomic mass is 19.1. The molecular weight excluding hydrogens is 435 g/mol. The van der Waals surface area contributed by atoms with Gasteiger partial charge in [-0.1, -0.05) is 12.1 Å². The smallest absolute Gasteiger partial charge is 0.338 e. The van der Waals surface area contributed by atoms with Crippen molar-refractivity contribution in [3.05, 3.63) is 69.0 Å². The number of β-amino-alcohol motifs (C(OH)–C–C–N with tert-alkyl or cyclic N) is 1. The van der Waals surface area contributed by atoms with Crippen molar-refractivity contribution in [3.63, 3.8) is 0 Å². The summed E-state index contributed by atoms with van der Waals surface area (Å²) >= 11 is 0. The zero-order chi connectivity index (χ0) is 24.0. The average molecular weight is 465 g/mol. The van der Waals surface area contributed by atoms with E-state index >= 15 is 0 Å². The quantitative estimate of drug-likeness (QED) is 0.672. The fourth-order valence-corrected chi connectivity index (χ4v) is 5.62. The van der Waals surface area contributed by atoms with Crippen LogP contribution in [0.3, 0.4) is 0 Å². The van der Waals surface area contributed by atoms with E-state index < -0.39 is 11.9 Å². The van der Waals surface area contributed by atoms with Crippen molar-refractivity contribution in [2.45, 2.75) is 38.6 Å². The van der Waals surface area contributed by atoms with Gasteiger partial charge in [-0.3, -0.25) is 9.80 Å². The van der Waals surface area contributed by atoms with E-state index in [0.29, 0.717) is 23.7 Å². The number of fused-ring (bicyclic) bond motifs is 2. The number of esters is 1. The molecule has 0 bridgehead atoms. The van der Waals surface area contributed by atoms with Gasteiger partial charge in [-0.05, 0) is 48.2 Å². The number of carbonyl (C=O) groups is 1. The van der Waals surface area contributed by atoms with Gasteiger partial charge >= 0.3 is 5.97 Å². The summed E-state index contributed by atoms with van der Waals surface area (Å²) in [5, 5.41) is 23.9. The van der Waals surface area contributed by atoms with Crippen LogP contribution in [0, 0.1) is 31.0 Å². The number of nitriles is 1. The summed E-state index contributed by atoms with van der Waals surface area (Å²) in [4.78, 5) is 16.5. The van der Waals surface area contributed by atoms with Crippen molar-refractivity contribution in [2.75, 3.05) is 39.3 Å². The average Bonchev–Trinajstić information content (AvgIpc) is 3.21. The minimum absolute atomic E-state index is 0.0556. The number of hydrogen-bond donors (Lipinski definition) is 2. The molecule has 3 heterocycles. The lowest BCUT2D eigenvalue weighted by atomic mass is 9.93. The summed E-state index contributed by atoms with van der Waals surface area (Å²) in [6.07, 6.45) is -0.636. The highest BCUT2D eigenvalue weighted by Crippen LogP contribution is 2.31. The lowest BCUT2D eigenvalue weighted by Crippen LogP contribution is -2.62. The van der Waals surface area contributed by atoms with Crippen molar-refractivity contribution in [1.29, 1.82) is 5.26 Å². The van der Waals surface area contributed by atoms with Crippen LogP contribution in [0.1, 0.15) is 55.9 Å². The van der Waals surface area contributed by atoms with Crippen LogP contribution in [-0.4, -0.2) is 66.2 Å². The first kappa shape index (κ1) is 22.9. The molecule has 0 radical (unpaired) electrons. The molecule has 2 N–H and O–H groups in total. The molecule has 0 spiro atoms. The summed E-state index contributed by atoms with van der Waals surface area (Å²) < 4.78 is 19.1. The molecule has 0 saturated carbocycles. The Morgan fingerprint density at radius 2 is 2.06 bits per heavy atom. The monoisotopic (exact) mass is 464 g/mol. The number of rotatable bonds is 4. The van der Waals surface area contributed by atoms with Gasteiger partial charge in [-0.25, -0.2) is 9.18 Å². The Labute approximate surface area is 198 Å². The summed E-state index contributed by atoms with van der Waals surface area (Å²) in [6.45, 7) is 8.72. The van der Waals surface area contributed by atoms with E-state index in [9.17, 15) is 19.6 Å². The molecule has 7 nitrogen and oxygen atoms in total. The van der Waals surface area contributed by atoms with Gasteiger partial charge in [-0.2, -0.15) is 5.26 Å². The first-order chi connectivity index (χ1) is 16.4. The maximum atomic E-state index is 13.9. The lowest BCUT2D eigenvalue weighted by Gasteiger charge is -2.47. The second kappa shape index (κ2) is 9.08. The maximum absolute atomic E-state index is 13.9. The molecule has 2 aromatic rings. The van der Waals surface area contributed by atoms with Gasteiger partial charge in [0.05, 0.1) is 17.2 Å². The summed E-state index contributed by atoms with van der Waals surface area (Å²) in [6, 6.07) is 9.13. The van der Waals surface area contributed by atoms with Crippen LogP contribution in [0.15, 0.2) is 24.3 Å². The molecular formula is C26H29FN4O3. The van der Waals surface area contributed by atoms with E-state index in [4.69, 9.17) is 4.74 Å². The number of nitrogens with zero attached hydrogens (tertiary/aromatic N) is 3. The van der Waals surface area contributed by atoms with Crippen LogP contribution < -0.4 is 5.32 Å². The van der Waals surface area contributed by atoms with E-state index in [1.165, 1.54) is 6.07 Å². The summed E-state index contributed by atoms with van der Waals surface area (Å²) in [5.74, 6) is -0.764. The normalized spacial score (nSPS) is 23.7. The van der Waals surface area contributed by atoms with Gasteiger partial charge in [0.25, 0.3) is 0 Å². The number of hydrogen-bond acceptors (Lipinski definition) is 7. The topological polar surface area (TPSA) is 88.8 Å². The SMILES string of the molecule is Cc1c([C@@H]2CN3CCN(C[C@H](O)c4ccc5c(c4C)COC5=O)C[C@H]3CN2)ccc(F)c1C#N.